The Morgan fingerprint density at radius 3 is 2.67 bits per heavy atom. The van der Waals surface area contributed by atoms with Crippen LogP contribution in [0.1, 0.15) is 32.1 Å². The maximum Gasteiger partial charge on any atom is 0.313 e. The number of carbonyl (C=O) groups excluding carboxylic acids is 3. The predicted octanol–water partition coefficient (Wildman–Crippen LogP) is 0.404. The first-order valence-electron chi connectivity index (χ1n) is 11.0. The lowest BCUT2D eigenvalue weighted by molar-refractivity contribution is -0.153. The summed E-state index contributed by atoms with van der Waals surface area (Å²) in [4.78, 5) is 43.4. The SMILES string of the molecule is O=C1OCC=C[C@H]2O[C@]34C=CCN(C5CCCCC5)C(=O)C3N(CCO)C(=O)[C@@H]4[C@@H]12. The Bertz CT molecular complexity index is 803. The number of aliphatic hydroxyl groups excluding tert-OH is 1. The molecule has 0 aromatic rings. The maximum absolute atomic E-state index is 13.8. The monoisotopic (exact) mass is 416 g/mol. The molecule has 1 unspecified atom stereocenters. The molecule has 3 fully saturated rings. The molecule has 2 saturated heterocycles. The molecule has 4 heterocycles. The fourth-order valence-corrected chi connectivity index (χ4v) is 6.06. The van der Waals surface area contributed by atoms with E-state index >= 15 is 0 Å². The van der Waals surface area contributed by atoms with E-state index in [4.69, 9.17) is 9.47 Å². The minimum Gasteiger partial charge on any atom is -0.461 e. The van der Waals surface area contributed by atoms with E-state index in [9.17, 15) is 19.5 Å². The molecule has 5 rings (SSSR count). The highest BCUT2D eigenvalue weighted by molar-refractivity contribution is 5.99. The molecule has 0 bridgehead atoms. The van der Waals surface area contributed by atoms with E-state index in [1.807, 2.05) is 17.1 Å². The second-order valence-corrected chi connectivity index (χ2v) is 8.84. The molecule has 162 valence electrons. The second kappa shape index (κ2) is 7.50. The molecule has 2 amide bonds. The zero-order valence-corrected chi connectivity index (χ0v) is 16.9. The predicted molar refractivity (Wildman–Crippen MR) is 105 cm³/mol. The molecule has 0 aromatic heterocycles. The van der Waals surface area contributed by atoms with Gasteiger partial charge in [-0.05, 0) is 18.9 Å². The number of esters is 1. The number of hydrogen-bond acceptors (Lipinski definition) is 6. The Kier molecular flexibility index (Phi) is 4.94. The third-order valence-corrected chi connectivity index (χ3v) is 7.30. The number of ether oxygens (including phenoxy) is 2. The van der Waals surface area contributed by atoms with Gasteiger partial charge in [0.25, 0.3) is 0 Å². The first-order valence-corrected chi connectivity index (χ1v) is 11.0. The van der Waals surface area contributed by atoms with Gasteiger partial charge in [-0.2, -0.15) is 0 Å². The summed E-state index contributed by atoms with van der Waals surface area (Å²) in [6.07, 6.45) is 11.9. The third kappa shape index (κ3) is 2.76. The Balaban J connectivity index is 1.57. The van der Waals surface area contributed by atoms with Crippen LogP contribution in [0.5, 0.6) is 0 Å². The van der Waals surface area contributed by atoms with Crippen LogP contribution in [0.15, 0.2) is 24.3 Å². The standard InChI is InChI=1S/C22H28N2O6/c25-12-11-24-18-20(27)23(14-6-2-1-3-7-14)10-5-9-22(18)17(19(24)26)16-15(30-22)8-4-13-29-21(16)28/h4-5,8-9,14-18,25H,1-3,6-7,10-13H2/t15-,16+,17+,18?,22+/m1/s1. The van der Waals surface area contributed by atoms with Gasteiger partial charge in [0.15, 0.2) is 0 Å². The van der Waals surface area contributed by atoms with Gasteiger partial charge >= 0.3 is 5.97 Å². The Morgan fingerprint density at radius 2 is 1.90 bits per heavy atom. The number of cyclic esters (lactones) is 1. The number of likely N-dealkylation sites (tertiary alicyclic amines) is 1. The number of hydrogen-bond donors (Lipinski definition) is 1. The summed E-state index contributed by atoms with van der Waals surface area (Å²) in [5, 5.41) is 9.62. The molecule has 1 aliphatic carbocycles. The minimum absolute atomic E-state index is 0.0332. The van der Waals surface area contributed by atoms with E-state index in [0.717, 1.165) is 25.7 Å². The van der Waals surface area contributed by atoms with Crippen molar-refractivity contribution in [2.75, 3.05) is 26.3 Å². The molecule has 0 aromatic carbocycles. The molecule has 8 nitrogen and oxygen atoms in total. The third-order valence-electron chi connectivity index (χ3n) is 7.30. The van der Waals surface area contributed by atoms with Gasteiger partial charge in [-0.3, -0.25) is 14.4 Å². The van der Waals surface area contributed by atoms with Gasteiger partial charge in [0.2, 0.25) is 11.8 Å². The number of nitrogens with zero attached hydrogens (tertiary/aromatic N) is 2. The molecule has 1 saturated carbocycles. The number of carbonyl (C=O) groups is 3. The number of fused-ring (bicyclic) bond motifs is 2. The number of β-amino-alcohol motifs (C(OH)–C–C–N with tert-alkyl or cyclic N) is 1. The van der Waals surface area contributed by atoms with E-state index in [1.165, 1.54) is 11.3 Å². The summed E-state index contributed by atoms with van der Waals surface area (Å²) >= 11 is 0. The van der Waals surface area contributed by atoms with Crippen molar-refractivity contribution >= 4 is 17.8 Å². The molecule has 5 atom stereocenters. The van der Waals surface area contributed by atoms with E-state index in [1.54, 1.807) is 12.2 Å². The number of amides is 2. The van der Waals surface area contributed by atoms with Crippen molar-refractivity contribution in [2.45, 2.75) is 55.9 Å². The summed E-state index contributed by atoms with van der Waals surface area (Å²) in [5.74, 6) is -2.57. The minimum atomic E-state index is -1.22. The van der Waals surface area contributed by atoms with E-state index in [2.05, 4.69) is 0 Å². The maximum atomic E-state index is 13.8. The van der Waals surface area contributed by atoms with Crippen LogP contribution in [0.4, 0.5) is 0 Å². The van der Waals surface area contributed by atoms with Gasteiger partial charge < -0.3 is 24.4 Å². The molecule has 30 heavy (non-hydrogen) atoms. The smallest absolute Gasteiger partial charge is 0.313 e. The van der Waals surface area contributed by atoms with Crippen LogP contribution in [0, 0.1) is 11.8 Å². The quantitative estimate of drug-likeness (QED) is 0.529. The fourth-order valence-electron chi connectivity index (χ4n) is 6.06. The van der Waals surface area contributed by atoms with E-state index in [0.29, 0.717) is 6.54 Å². The molecule has 8 heteroatoms. The summed E-state index contributed by atoms with van der Waals surface area (Å²) in [7, 11) is 0. The Morgan fingerprint density at radius 1 is 1.10 bits per heavy atom. The zero-order valence-electron chi connectivity index (χ0n) is 16.9. The fraction of sp³-hybridized carbons (Fsp3) is 0.682. The number of aliphatic hydroxyl groups is 1. The summed E-state index contributed by atoms with van der Waals surface area (Å²) in [6.45, 7) is 0.390. The highest BCUT2D eigenvalue weighted by Crippen LogP contribution is 2.53. The van der Waals surface area contributed by atoms with Crippen molar-refractivity contribution in [1.82, 2.24) is 9.80 Å². The van der Waals surface area contributed by atoms with Crippen LogP contribution in [-0.2, 0) is 23.9 Å². The summed E-state index contributed by atoms with van der Waals surface area (Å²) in [6, 6.07) is -0.733. The lowest BCUT2D eigenvalue weighted by Gasteiger charge is -2.39. The van der Waals surface area contributed by atoms with Crippen molar-refractivity contribution in [1.29, 1.82) is 0 Å². The van der Waals surface area contributed by atoms with Crippen molar-refractivity contribution < 1.29 is 29.0 Å². The van der Waals surface area contributed by atoms with Crippen LogP contribution < -0.4 is 0 Å². The molecular formula is C22H28N2O6. The first kappa shape index (κ1) is 19.8. The topological polar surface area (TPSA) is 96.4 Å². The summed E-state index contributed by atoms with van der Waals surface area (Å²) < 4.78 is 11.7. The van der Waals surface area contributed by atoms with Crippen LogP contribution in [0.3, 0.4) is 0 Å². The van der Waals surface area contributed by atoms with Crippen molar-refractivity contribution in [3.63, 3.8) is 0 Å². The van der Waals surface area contributed by atoms with E-state index in [-0.39, 0.29) is 37.6 Å². The first-order chi connectivity index (χ1) is 14.6. The Hall–Kier alpha value is -2.19. The van der Waals surface area contributed by atoms with Gasteiger partial charge in [-0.1, -0.05) is 37.5 Å². The van der Waals surface area contributed by atoms with Crippen LogP contribution >= 0.6 is 0 Å². The molecule has 5 aliphatic rings. The molecule has 0 radical (unpaired) electrons. The van der Waals surface area contributed by atoms with Crippen LogP contribution in [0.25, 0.3) is 0 Å². The van der Waals surface area contributed by atoms with Crippen molar-refractivity contribution in [2.24, 2.45) is 11.8 Å². The van der Waals surface area contributed by atoms with Gasteiger partial charge in [-0.25, -0.2) is 0 Å². The highest BCUT2D eigenvalue weighted by Gasteiger charge is 2.71. The van der Waals surface area contributed by atoms with Crippen molar-refractivity contribution in [3.05, 3.63) is 24.3 Å². The molecular weight excluding hydrogens is 388 g/mol. The van der Waals surface area contributed by atoms with Crippen molar-refractivity contribution in [3.8, 4) is 0 Å². The average Bonchev–Trinajstić information content (AvgIpc) is 3.03. The number of rotatable bonds is 3. The lowest BCUT2D eigenvalue weighted by Crippen LogP contribution is -2.57. The largest absolute Gasteiger partial charge is 0.461 e. The normalized spacial score (nSPS) is 38.8. The molecule has 1 spiro atoms. The van der Waals surface area contributed by atoms with Gasteiger partial charge in [0, 0.05) is 19.1 Å². The van der Waals surface area contributed by atoms with Gasteiger partial charge in [0.05, 0.1) is 18.6 Å². The van der Waals surface area contributed by atoms with Gasteiger partial charge in [-0.15, -0.1) is 0 Å². The van der Waals surface area contributed by atoms with Gasteiger partial charge in [0.1, 0.15) is 24.2 Å². The highest BCUT2D eigenvalue weighted by atomic mass is 16.6. The van der Waals surface area contributed by atoms with Crippen LogP contribution in [0.2, 0.25) is 0 Å². The van der Waals surface area contributed by atoms with E-state index < -0.39 is 35.6 Å². The Labute approximate surface area is 175 Å². The molecule has 1 N–H and O–H groups in total. The average molecular weight is 416 g/mol. The molecule has 4 aliphatic heterocycles. The lowest BCUT2D eigenvalue weighted by atomic mass is 9.78. The van der Waals surface area contributed by atoms with Crippen LogP contribution in [-0.4, -0.2) is 82.8 Å². The summed E-state index contributed by atoms with van der Waals surface area (Å²) in [5.41, 5.74) is -1.22. The second-order valence-electron chi connectivity index (χ2n) is 8.84. The zero-order chi connectivity index (χ0) is 20.9.